The van der Waals surface area contributed by atoms with Crippen molar-refractivity contribution in [1.29, 1.82) is 0 Å². The second kappa shape index (κ2) is 8.71. The van der Waals surface area contributed by atoms with Gasteiger partial charge in [0.1, 0.15) is 23.5 Å². The number of alkyl carbamates (subject to hydrolysis) is 1. The van der Waals surface area contributed by atoms with Crippen LogP contribution in [-0.2, 0) is 4.74 Å². The zero-order valence-electron chi connectivity index (χ0n) is 17.3. The maximum Gasteiger partial charge on any atom is 0.407 e. The van der Waals surface area contributed by atoms with Crippen LogP contribution >= 0.6 is 0 Å². The smallest absolute Gasteiger partial charge is 0.407 e. The van der Waals surface area contributed by atoms with Crippen molar-refractivity contribution < 1.29 is 23.1 Å². The van der Waals surface area contributed by atoms with Crippen molar-refractivity contribution in [2.24, 2.45) is 5.92 Å². The Morgan fingerprint density at radius 2 is 2.24 bits per heavy atom. The lowest BCUT2D eigenvalue weighted by Gasteiger charge is -2.20. The van der Waals surface area contributed by atoms with Crippen LogP contribution in [0.3, 0.4) is 0 Å². The summed E-state index contributed by atoms with van der Waals surface area (Å²) in [5.74, 6) is 1.16. The standard InChI is InChI=1S/C21H28FN3O4/c1-14-7-8-25(12-14)19-24-17-6-5-16(9-18(17)28-19)27-13-15(10-22)11-23-20(26)29-21(2,3)4/h5-6,9-10,14H,7-8,11-13H2,1-4H3,(H,23,26)/b15-10+. The van der Waals surface area contributed by atoms with Gasteiger partial charge >= 0.3 is 6.09 Å². The Kier molecular flexibility index (Phi) is 6.30. The summed E-state index contributed by atoms with van der Waals surface area (Å²) < 4.78 is 29.8. The molecule has 0 saturated carbocycles. The third-order valence-electron chi connectivity index (χ3n) is 4.48. The van der Waals surface area contributed by atoms with Crippen LogP contribution in [0.2, 0.25) is 0 Å². The first-order valence-corrected chi connectivity index (χ1v) is 9.77. The molecular weight excluding hydrogens is 377 g/mol. The highest BCUT2D eigenvalue weighted by Gasteiger charge is 2.23. The number of amides is 1. The van der Waals surface area contributed by atoms with Crippen molar-refractivity contribution in [3.63, 3.8) is 0 Å². The molecule has 1 aliphatic heterocycles. The summed E-state index contributed by atoms with van der Waals surface area (Å²) in [4.78, 5) is 18.4. The highest BCUT2D eigenvalue weighted by molar-refractivity contribution is 5.76. The van der Waals surface area contributed by atoms with E-state index in [4.69, 9.17) is 13.9 Å². The van der Waals surface area contributed by atoms with Gasteiger partial charge < -0.3 is 24.1 Å². The SMILES string of the molecule is CC1CCN(c2nc3ccc(OC/C(=C/F)CNC(=O)OC(C)(C)C)cc3o2)C1. The molecule has 29 heavy (non-hydrogen) atoms. The number of rotatable bonds is 6. The summed E-state index contributed by atoms with van der Waals surface area (Å²) in [6, 6.07) is 5.93. The van der Waals surface area contributed by atoms with Crippen LogP contribution < -0.4 is 15.0 Å². The lowest BCUT2D eigenvalue weighted by atomic mass is 10.2. The van der Waals surface area contributed by atoms with Crippen LogP contribution in [0.15, 0.2) is 34.5 Å². The van der Waals surface area contributed by atoms with Crippen molar-refractivity contribution in [3.8, 4) is 5.75 Å². The zero-order chi connectivity index (χ0) is 21.0. The molecule has 0 spiro atoms. The Bertz CT molecular complexity index is 888. The highest BCUT2D eigenvalue weighted by Crippen LogP contribution is 2.29. The second-order valence-electron chi connectivity index (χ2n) is 8.38. The predicted molar refractivity (Wildman–Crippen MR) is 109 cm³/mol. The first-order valence-electron chi connectivity index (χ1n) is 9.77. The molecule has 1 aliphatic rings. The Hall–Kier alpha value is -2.77. The van der Waals surface area contributed by atoms with Gasteiger partial charge in [-0.05, 0) is 45.2 Å². The van der Waals surface area contributed by atoms with Crippen molar-refractivity contribution in [2.75, 3.05) is 31.1 Å². The van der Waals surface area contributed by atoms with Gasteiger partial charge in [-0.2, -0.15) is 4.98 Å². The number of carbonyl (C=O) groups excluding carboxylic acids is 1. The Labute approximate surface area is 169 Å². The summed E-state index contributed by atoms with van der Waals surface area (Å²) in [6.07, 6.45) is 0.948. The number of benzene rings is 1. The number of ether oxygens (including phenoxy) is 2. The third kappa shape index (κ3) is 5.85. The van der Waals surface area contributed by atoms with Gasteiger partial charge in [0.2, 0.25) is 0 Å². The van der Waals surface area contributed by atoms with E-state index in [-0.39, 0.29) is 18.7 Å². The van der Waals surface area contributed by atoms with E-state index >= 15 is 0 Å². The number of halogens is 1. The molecule has 1 aromatic carbocycles. The van der Waals surface area contributed by atoms with Crippen molar-refractivity contribution >= 4 is 23.2 Å². The lowest BCUT2D eigenvalue weighted by Crippen LogP contribution is -2.34. The van der Waals surface area contributed by atoms with E-state index in [0.717, 1.165) is 25.0 Å². The fraction of sp³-hybridized carbons (Fsp3) is 0.524. The second-order valence-corrected chi connectivity index (χ2v) is 8.38. The van der Waals surface area contributed by atoms with Crippen molar-refractivity contribution in [3.05, 3.63) is 30.1 Å². The van der Waals surface area contributed by atoms with Crippen LogP contribution in [0.5, 0.6) is 5.75 Å². The van der Waals surface area contributed by atoms with Gasteiger partial charge in [0.15, 0.2) is 5.58 Å². The van der Waals surface area contributed by atoms with Crippen LogP contribution in [0.25, 0.3) is 11.1 Å². The van der Waals surface area contributed by atoms with Gasteiger partial charge in [-0.15, -0.1) is 0 Å². The molecule has 1 atom stereocenters. The van der Waals surface area contributed by atoms with E-state index in [0.29, 0.717) is 29.6 Å². The number of carbonyl (C=O) groups is 1. The summed E-state index contributed by atoms with van der Waals surface area (Å²) in [6.45, 7) is 9.35. The van der Waals surface area contributed by atoms with Crippen molar-refractivity contribution in [1.82, 2.24) is 10.3 Å². The van der Waals surface area contributed by atoms with E-state index in [2.05, 4.69) is 22.1 Å². The maximum atomic E-state index is 13.1. The van der Waals surface area contributed by atoms with E-state index in [1.54, 1.807) is 32.9 Å². The molecule has 1 amide bonds. The fourth-order valence-corrected chi connectivity index (χ4v) is 3.02. The number of hydrogen-bond acceptors (Lipinski definition) is 6. The van der Waals surface area contributed by atoms with Crippen LogP contribution in [-0.4, -0.2) is 42.9 Å². The van der Waals surface area contributed by atoms with Gasteiger partial charge in [-0.1, -0.05) is 6.92 Å². The zero-order valence-corrected chi connectivity index (χ0v) is 17.3. The van der Waals surface area contributed by atoms with E-state index in [9.17, 15) is 9.18 Å². The first-order chi connectivity index (χ1) is 13.7. The maximum absolute atomic E-state index is 13.1. The van der Waals surface area contributed by atoms with E-state index in [1.807, 2.05) is 6.07 Å². The molecule has 7 nitrogen and oxygen atoms in total. The molecule has 1 saturated heterocycles. The molecule has 1 N–H and O–H groups in total. The number of hydrogen-bond donors (Lipinski definition) is 1. The topological polar surface area (TPSA) is 76.8 Å². The molecule has 158 valence electrons. The van der Waals surface area contributed by atoms with Crippen LogP contribution in [0, 0.1) is 5.92 Å². The first kappa shape index (κ1) is 21.0. The molecule has 0 bridgehead atoms. The van der Waals surface area contributed by atoms with Gasteiger partial charge in [0.05, 0.1) is 6.33 Å². The number of nitrogens with one attached hydrogen (secondary N) is 1. The van der Waals surface area contributed by atoms with Gasteiger partial charge in [0.25, 0.3) is 6.01 Å². The molecule has 1 unspecified atom stereocenters. The number of oxazole rings is 1. The lowest BCUT2D eigenvalue weighted by molar-refractivity contribution is 0.0531. The van der Waals surface area contributed by atoms with Gasteiger partial charge in [0, 0.05) is 31.3 Å². The molecule has 1 fully saturated rings. The molecule has 0 radical (unpaired) electrons. The summed E-state index contributed by atoms with van der Waals surface area (Å²) in [5.41, 5.74) is 1.04. The van der Waals surface area contributed by atoms with E-state index in [1.165, 1.54) is 0 Å². The Morgan fingerprint density at radius 3 is 2.90 bits per heavy atom. The minimum Gasteiger partial charge on any atom is -0.489 e. The number of aromatic nitrogens is 1. The Morgan fingerprint density at radius 1 is 1.45 bits per heavy atom. The normalized spacial score (nSPS) is 17.6. The monoisotopic (exact) mass is 405 g/mol. The summed E-state index contributed by atoms with van der Waals surface area (Å²) in [7, 11) is 0. The fourth-order valence-electron chi connectivity index (χ4n) is 3.02. The van der Waals surface area contributed by atoms with E-state index < -0.39 is 11.7 Å². The van der Waals surface area contributed by atoms with Crippen LogP contribution in [0.1, 0.15) is 34.1 Å². The third-order valence-corrected chi connectivity index (χ3v) is 4.48. The van der Waals surface area contributed by atoms with Crippen molar-refractivity contribution in [2.45, 2.75) is 39.7 Å². The minimum atomic E-state index is -0.612. The number of fused-ring (bicyclic) bond motifs is 1. The molecule has 0 aliphatic carbocycles. The number of nitrogens with zero attached hydrogens (tertiary/aromatic N) is 2. The molecule has 1 aromatic heterocycles. The largest absolute Gasteiger partial charge is 0.489 e. The average Bonchev–Trinajstić information content (AvgIpc) is 3.25. The summed E-state index contributed by atoms with van der Waals surface area (Å²) >= 11 is 0. The molecule has 3 rings (SSSR count). The van der Waals surface area contributed by atoms with Gasteiger partial charge in [-0.25, -0.2) is 9.18 Å². The van der Waals surface area contributed by atoms with Crippen LogP contribution in [0.4, 0.5) is 15.2 Å². The molecular formula is C21H28FN3O4. The average molecular weight is 405 g/mol. The minimum absolute atomic E-state index is 0.00669. The predicted octanol–water partition coefficient (Wildman–Crippen LogP) is 4.43. The summed E-state index contributed by atoms with van der Waals surface area (Å²) in [5, 5.41) is 2.51. The van der Waals surface area contributed by atoms with Gasteiger partial charge in [-0.3, -0.25) is 0 Å². The number of anilines is 1. The molecule has 2 aromatic rings. The quantitative estimate of drug-likeness (QED) is 0.766. The highest BCUT2D eigenvalue weighted by atomic mass is 19.1. The molecule has 2 heterocycles. The Balaban J connectivity index is 1.56. The molecule has 8 heteroatoms.